The van der Waals surface area contributed by atoms with Crippen LogP contribution in [0.3, 0.4) is 0 Å². The van der Waals surface area contributed by atoms with Crippen LogP contribution in [0.25, 0.3) is 0 Å². The predicted molar refractivity (Wildman–Crippen MR) is 72.4 cm³/mol. The van der Waals surface area contributed by atoms with Gasteiger partial charge in [-0.25, -0.2) is 0 Å². The quantitative estimate of drug-likeness (QED) is 0.722. The molecule has 0 aromatic heterocycles. The zero-order valence-electron chi connectivity index (χ0n) is 11.1. The minimum Gasteiger partial charge on any atom is -0.494 e. The average Bonchev–Trinajstić information content (AvgIpc) is 2.38. The number of carbonyl (C=O) groups is 1. The van der Waals surface area contributed by atoms with Gasteiger partial charge >= 0.3 is 0 Å². The number of hydrogen-bond acceptors (Lipinski definition) is 3. The summed E-state index contributed by atoms with van der Waals surface area (Å²) in [4.78, 5) is 11.6. The molecule has 0 aliphatic carbocycles. The Kier molecular flexibility index (Phi) is 6.22. The van der Waals surface area contributed by atoms with Crippen molar-refractivity contribution in [1.29, 1.82) is 0 Å². The van der Waals surface area contributed by atoms with Gasteiger partial charge in [0.25, 0.3) is 0 Å². The van der Waals surface area contributed by atoms with Gasteiger partial charge in [-0.05, 0) is 25.5 Å². The molecule has 0 bridgehead atoms. The van der Waals surface area contributed by atoms with Gasteiger partial charge in [-0.3, -0.25) is 4.79 Å². The van der Waals surface area contributed by atoms with E-state index in [0.29, 0.717) is 13.2 Å². The van der Waals surface area contributed by atoms with Crippen molar-refractivity contribution in [3.63, 3.8) is 0 Å². The van der Waals surface area contributed by atoms with Crippen LogP contribution >= 0.6 is 0 Å². The number of carbonyl (C=O) groups excluding carboxylic acids is 1. The number of para-hydroxylation sites is 1. The van der Waals surface area contributed by atoms with E-state index in [2.05, 4.69) is 5.32 Å². The molecule has 100 valence electrons. The van der Waals surface area contributed by atoms with Crippen LogP contribution in [0.5, 0.6) is 5.75 Å². The molecule has 0 fully saturated rings. The van der Waals surface area contributed by atoms with E-state index in [1.165, 1.54) is 0 Å². The third kappa shape index (κ3) is 5.19. The van der Waals surface area contributed by atoms with Gasteiger partial charge in [-0.1, -0.05) is 25.1 Å². The number of rotatable bonds is 7. The number of nitrogens with two attached hydrogens (primary N) is 1. The van der Waals surface area contributed by atoms with E-state index in [9.17, 15) is 4.79 Å². The topological polar surface area (TPSA) is 64.4 Å². The first-order valence-corrected chi connectivity index (χ1v) is 6.32. The molecule has 18 heavy (non-hydrogen) atoms. The first-order valence-electron chi connectivity index (χ1n) is 6.32. The van der Waals surface area contributed by atoms with Gasteiger partial charge in [-0.2, -0.15) is 0 Å². The molecule has 0 aliphatic heterocycles. The molecule has 0 aliphatic rings. The van der Waals surface area contributed by atoms with Crippen molar-refractivity contribution in [2.24, 2.45) is 11.7 Å². The van der Waals surface area contributed by atoms with Crippen LogP contribution in [0.1, 0.15) is 20.3 Å². The minimum absolute atomic E-state index is 0.00436. The summed E-state index contributed by atoms with van der Waals surface area (Å²) in [5.74, 6) is 0.706. The van der Waals surface area contributed by atoms with Crippen LogP contribution in [-0.4, -0.2) is 25.1 Å². The minimum atomic E-state index is -0.153. The van der Waals surface area contributed by atoms with Gasteiger partial charge in [0.1, 0.15) is 5.75 Å². The molecule has 0 spiro atoms. The number of ether oxygens (including phenoxy) is 1. The Morgan fingerprint density at radius 1 is 1.33 bits per heavy atom. The maximum absolute atomic E-state index is 11.6. The molecule has 0 radical (unpaired) electrons. The maximum Gasteiger partial charge on any atom is 0.224 e. The molecular formula is C14H22N2O2. The number of amides is 1. The molecule has 1 amide bonds. The fraction of sp³-hybridized carbons (Fsp3) is 0.500. The Balaban J connectivity index is 2.11. The van der Waals surface area contributed by atoms with E-state index < -0.39 is 0 Å². The van der Waals surface area contributed by atoms with E-state index >= 15 is 0 Å². The van der Waals surface area contributed by atoms with Crippen LogP contribution in [0.15, 0.2) is 30.3 Å². The molecule has 0 saturated heterocycles. The van der Waals surface area contributed by atoms with Crippen molar-refractivity contribution in [1.82, 2.24) is 5.32 Å². The van der Waals surface area contributed by atoms with E-state index in [1.807, 2.05) is 44.2 Å². The summed E-state index contributed by atoms with van der Waals surface area (Å²) in [6, 6.07) is 9.52. The zero-order valence-corrected chi connectivity index (χ0v) is 11.1. The first kappa shape index (κ1) is 14.5. The zero-order chi connectivity index (χ0) is 13.4. The molecule has 1 rings (SSSR count). The molecule has 2 atom stereocenters. The molecule has 3 N–H and O–H groups in total. The summed E-state index contributed by atoms with van der Waals surface area (Å²) >= 11 is 0. The Labute approximate surface area is 109 Å². The van der Waals surface area contributed by atoms with Gasteiger partial charge in [-0.15, -0.1) is 0 Å². The van der Waals surface area contributed by atoms with Crippen LogP contribution in [0.2, 0.25) is 0 Å². The second kappa shape index (κ2) is 7.71. The van der Waals surface area contributed by atoms with Crippen LogP contribution in [-0.2, 0) is 4.79 Å². The molecular weight excluding hydrogens is 228 g/mol. The van der Waals surface area contributed by atoms with Crippen molar-refractivity contribution in [3.8, 4) is 5.75 Å². The molecule has 4 nitrogen and oxygen atoms in total. The van der Waals surface area contributed by atoms with Gasteiger partial charge in [0.15, 0.2) is 0 Å². The number of benzene rings is 1. The summed E-state index contributed by atoms with van der Waals surface area (Å²) in [6.07, 6.45) is 0.784. The molecule has 1 aromatic rings. The lowest BCUT2D eigenvalue weighted by Crippen LogP contribution is -2.39. The van der Waals surface area contributed by atoms with Gasteiger partial charge in [0, 0.05) is 18.5 Å². The summed E-state index contributed by atoms with van der Waals surface area (Å²) in [6.45, 7) is 4.88. The van der Waals surface area contributed by atoms with Gasteiger partial charge in [0.05, 0.1) is 6.61 Å². The van der Waals surface area contributed by atoms with Crippen molar-refractivity contribution < 1.29 is 9.53 Å². The summed E-state index contributed by atoms with van der Waals surface area (Å²) in [5.41, 5.74) is 5.66. The third-order valence-electron chi connectivity index (χ3n) is 2.83. The van der Waals surface area contributed by atoms with E-state index in [4.69, 9.17) is 10.5 Å². The van der Waals surface area contributed by atoms with Crippen LogP contribution in [0.4, 0.5) is 0 Å². The van der Waals surface area contributed by atoms with Crippen molar-refractivity contribution in [2.75, 3.05) is 13.2 Å². The SMILES string of the molecule is CC(N)C(C)C(=O)NCCCOc1ccccc1. The van der Waals surface area contributed by atoms with Crippen LogP contribution in [0, 0.1) is 5.92 Å². The highest BCUT2D eigenvalue weighted by Crippen LogP contribution is 2.08. The van der Waals surface area contributed by atoms with Crippen molar-refractivity contribution in [2.45, 2.75) is 26.3 Å². The predicted octanol–water partition coefficient (Wildman–Crippen LogP) is 1.55. The average molecular weight is 250 g/mol. The molecule has 2 unspecified atom stereocenters. The highest BCUT2D eigenvalue weighted by atomic mass is 16.5. The van der Waals surface area contributed by atoms with Crippen LogP contribution < -0.4 is 15.8 Å². The summed E-state index contributed by atoms with van der Waals surface area (Å²) < 4.78 is 5.52. The molecule has 0 saturated carbocycles. The third-order valence-corrected chi connectivity index (χ3v) is 2.83. The van der Waals surface area contributed by atoms with E-state index in [0.717, 1.165) is 12.2 Å². The Morgan fingerprint density at radius 3 is 2.61 bits per heavy atom. The highest BCUT2D eigenvalue weighted by Gasteiger charge is 2.15. The lowest BCUT2D eigenvalue weighted by atomic mass is 10.0. The maximum atomic E-state index is 11.6. The fourth-order valence-electron chi connectivity index (χ4n) is 1.39. The standard InChI is InChI=1S/C14H22N2O2/c1-11(12(2)15)14(17)16-9-6-10-18-13-7-4-3-5-8-13/h3-5,7-8,11-12H,6,9-10,15H2,1-2H3,(H,16,17). The highest BCUT2D eigenvalue weighted by molar-refractivity contribution is 5.78. The summed E-state index contributed by atoms with van der Waals surface area (Å²) in [7, 11) is 0. The first-order chi connectivity index (χ1) is 8.61. The molecule has 4 heteroatoms. The van der Waals surface area contributed by atoms with Gasteiger partial charge in [0.2, 0.25) is 5.91 Å². The number of nitrogens with one attached hydrogen (secondary N) is 1. The fourth-order valence-corrected chi connectivity index (χ4v) is 1.39. The van der Waals surface area contributed by atoms with Crippen molar-refractivity contribution >= 4 is 5.91 Å². The lowest BCUT2D eigenvalue weighted by Gasteiger charge is -2.15. The Morgan fingerprint density at radius 2 is 2.00 bits per heavy atom. The normalized spacial score (nSPS) is 13.7. The smallest absolute Gasteiger partial charge is 0.224 e. The molecule has 0 heterocycles. The Hall–Kier alpha value is -1.55. The second-order valence-electron chi connectivity index (χ2n) is 4.45. The molecule has 1 aromatic carbocycles. The van der Waals surface area contributed by atoms with E-state index in [-0.39, 0.29) is 17.9 Å². The van der Waals surface area contributed by atoms with E-state index in [1.54, 1.807) is 0 Å². The summed E-state index contributed by atoms with van der Waals surface area (Å²) in [5, 5.41) is 2.85. The second-order valence-corrected chi connectivity index (χ2v) is 4.45. The Bertz CT molecular complexity index is 352. The lowest BCUT2D eigenvalue weighted by molar-refractivity contribution is -0.124. The largest absolute Gasteiger partial charge is 0.494 e. The van der Waals surface area contributed by atoms with Gasteiger partial charge < -0.3 is 15.8 Å². The van der Waals surface area contributed by atoms with Crippen molar-refractivity contribution in [3.05, 3.63) is 30.3 Å². The monoisotopic (exact) mass is 250 g/mol. The number of hydrogen-bond donors (Lipinski definition) is 2.